The number of hydrogen-bond acceptors (Lipinski definition) is 5. The molecule has 1 aromatic rings. The Morgan fingerprint density at radius 3 is 2.39 bits per heavy atom. The van der Waals surface area contributed by atoms with Gasteiger partial charge in [0.05, 0.1) is 24.5 Å². The van der Waals surface area contributed by atoms with Gasteiger partial charge in [-0.3, -0.25) is 9.69 Å². The molecule has 2 rings (SSSR count). The summed E-state index contributed by atoms with van der Waals surface area (Å²) in [6.45, 7) is 3.52. The van der Waals surface area contributed by atoms with E-state index in [1.165, 1.54) is 23.8 Å². The van der Waals surface area contributed by atoms with Gasteiger partial charge < -0.3 is 9.84 Å². The zero-order valence-electron chi connectivity index (χ0n) is 13.6. The predicted octanol–water partition coefficient (Wildman–Crippen LogP) is 2.33. The summed E-state index contributed by atoms with van der Waals surface area (Å²) in [4.78, 5) is 26.1. The molecule has 1 fully saturated rings. The number of allylic oxidation sites excluding steroid dienone is 1. The van der Waals surface area contributed by atoms with Crippen LogP contribution >= 0.6 is 11.8 Å². The number of methoxy groups -OCH3 is 1. The summed E-state index contributed by atoms with van der Waals surface area (Å²) in [6.07, 6.45) is 0.961. The Hall–Kier alpha value is -1.79. The second-order valence-corrected chi connectivity index (χ2v) is 6.51. The van der Waals surface area contributed by atoms with Gasteiger partial charge in [0.1, 0.15) is 5.70 Å². The predicted molar refractivity (Wildman–Crippen MR) is 89.4 cm³/mol. The fourth-order valence-corrected chi connectivity index (χ4v) is 3.74. The highest BCUT2D eigenvalue weighted by Crippen LogP contribution is 2.44. The van der Waals surface area contributed by atoms with Crippen molar-refractivity contribution in [2.75, 3.05) is 13.4 Å². The Morgan fingerprint density at radius 2 is 1.91 bits per heavy atom. The monoisotopic (exact) mass is 335 g/mol. The summed E-state index contributed by atoms with van der Waals surface area (Å²) in [7, 11) is 1.29. The largest absolute Gasteiger partial charge is 0.464 e. The SMILES string of the molecule is COC(=O)C(=C(C)C)N1C(=O)C(C(O)c2ccccc2)C1SC. The molecule has 1 saturated heterocycles. The van der Waals surface area contributed by atoms with E-state index in [1.807, 2.05) is 24.5 Å². The normalized spacial score (nSPS) is 21.4. The third-order valence-electron chi connectivity index (χ3n) is 3.90. The molecule has 0 aromatic heterocycles. The Labute approximate surface area is 140 Å². The average molecular weight is 335 g/mol. The van der Waals surface area contributed by atoms with E-state index >= 15 is 0 Å². The van der Waals surface area contributed by atoms with Crippen molar-refractivity contribution in [2.45, 2.75) is 25.3 Å². The highest BCUT2D eigenvalue weighted by molar-refractivity contribution is 7.99. The summed E-state index contributed by atoms with van der Waals surface area (Å²) < 4.78 is 4.79. The number of carbonyl (C=O) groups excluding carboxylic acids is 2. The molecule has 0 spiro atoms. The van der Waals surface area contributed by atoms with Crippen LogP contribution in [0.25, 0.3) is 0 Å². The van der Waals surface area contributed by atoms with E-state index in [0.717, 1.165) is 0 Å². The first-order chi connectivity index (χ1) is 10.9. The van der Waals surface area contributed by atoms with Gasteiger partial charge >= 0.3 is 5.97 Å². The van der Waals surface area contributed by atoms with E-state index in [4.69, 9.17) is 4.74 Å². The van der Waals surface area contributed by atoms with Crippen LogP contribution in [0.4, 0.5) is 0 Å². The first kappa shape index (κ1) is 17.6. The van der Waals surface area contributed by atoms with E-state index in [1.54, 1.807) is 26.0 Å². The first-order valence-electron chi connectivity index (χ1n) is 7.28. The number of amides is 1. The third-order valence-corrected chi connectivity index (χ3v) is 4.89. The minimum absolute atomic E-state index is 0.258. The van der Waals surface area contributed by atoms with Crippen LogP contribution in [0.1, 0.15) is 25.5 Å². The molecule has 0 radical (unpaired) electrons. The first-order valence-corrected chi connectivity index (χ1v) is 8.57. The molecule has 1 N–H and O–H groups in total. The van der Waals surface area contributed by atoms with Crippen LogP contribution in [0.15, 0.2) is 41.6 Å². The second-order valence-electron chi connectivity index (χ2n) is 5.56. The number of hydrogen-bond donors (Lipinski definition) is 1. The van der Waals surface area contributed by atoms with E-state index in [0.29, 0.717) is 11.1 Å². The molecule has 1 amide bonds. The lowest BCUT2D eigenvalue weighted by atomic mass is 9.86. The molecule has 5 nitrogen and oxygen atoms in total. The molecule has 1 aliphatic rings. The number of rotatable bonds is 5. The molecular formula is C17H21NO4S. The molecule has 1 heterocycles. The molecule has 3 atom stereocenters. The number of thioether (sulfide) groups is 1. The topological polar surface area (TPSA) is 66.8 Å². The quantitative estimate of drug-likeness (QED) is 0.508. The Balaban J connectivity index is 2.30. The van der Waals surface area contributed by atoms with Crippen LogP contribution in [0, 0.1) is 5.92 Å². The Morgan fingerprint density at radius 1 is 1.30 bits per heavy atom. The van der Waals surface area contributed by atoms with Crippen molar-refractivity contribution in [1.82, 2.24) is 4.90 Å². The number of benzene rings is 1. The smallest absolute Gasteiger partial charge is 0.354 e. The van der Waals surface area contributed by atoms with Gasteiger partial charge in [0.15, 0.2) is 0 Å². The van der Waals surface area contributed by atoms with Gasteiger partial charge in [0.2, 0.25) is 5.91 Å². The molecule has 1 aliphatic heterocycles. The minimum Gasteiger partial charge on any atom is -0.464 e. The van der Waals surface area contributed by atoms with Crippen molar-refractivity contribution in [1.29, 1.82) is 0 Å². The van der Waals surface area contributed by atoms with Crippen molar-refractivity contribution in [3.63, 3.8) is 0 Å². The van der Waals surface area contributed by atoms with Crippen LogP contribution in [0.5, 0.6) is 0 Å². The number of aliphatic hydroxyl groups excluding tert-OH is 1. The summed E-state index contributed by atoms with van der Waals surface area (Å²) in [6, 6.07) is 9.09. The van der Waals surface area contributed by atoms with Gasteiger partial charge in [-0.25, -0.2) is 4.79 Å². The van der Waals surface area contributed by atoms with E-state index in [9.17, 15) is 14.7 Å². The van der Waals surface area contributed by atoms with Gasteiger partial charge in [-0.1, -0.05) is 30.3 Å². The number of aliphatic hydroxyl groups is 1. The molecule has 6 heteroatoms. The van der Waals surface area contributed by atoms with Crippen LogP contribution in [0.3, 0.4) is 0 Å². The highest BCUT2D eigenvalue weighted by atomic mass is 32.2. The lowest BCUT2D eigenvalue weighted by molar-refractivity contribution is -0.159. The molecular weight excluding hydrogens is 314 g/mol. The molecule has 0 bridgehead atoms. The molecule has 23 heavy (non-hydrogen) atoms. The molecule has 0 saturated carbocycles. The van der Waals surface area contributed by atoms with Crippen molar-refractivity contribution in [2.24, 2.45) is 5.92 Å². The molecule has 0 aliphatic carbocycles. The third kappa shape index (κ3) is 3.14. The number of carbonyl (C=O) groups is 2. The van der Waals surface area contributed by atoms with Crippen molar-refractivity contribution < 1.29 is 19.4 Å². The fraction of sp³-hybridized carbons (Fsp3) is 0.412. The summed E-state index contributed by atoms with van der Waals surface area (Å²) in [5.74, 6) is -1.38. The fourth-order valence-electron chi connectivity index (χ4n) is 2.76. The standard InChI is InChI=1S/C17H21NO4S/c1-10(2)13(17(21)22-3)18-15(20)12(16(18)23-4)14(19)11-8-6-5-7-9-11/h5-9,12,14,16,19H,1-4H3. The van der Waals surface area contributed by atoms with Crippen LogP contribution in [0.2, 0.25) is 0 Å². The second kappa shape index (κ2) is 7.19. The number of esters is 1. The zero-order valence-corrected chi connectivity index (χ0v) is 14.5. The van der Waals surface area contributed by atoms with Crippen LogP contribution in [-0.4, -0.2) is 40.6 Å². The van der Waals surface area contributed by atoms with E-state index in [-0.39, 0.29) is 17.0 Å². The highest BCUT2D eigenvalue weighted by Gasteiger charge is 2.53. The molecule has 1 aromatic carbocycles. The maximum Gasteiger partial charge on any atom is 0.354 e. The number of β-lactam (4-membered cyclic amide) rings is 1. The maximum absolute atomic E-state index is 12.6. The number of ether oxygens (including phenoxy) is 1. The summed E-state index contributed by atoms with van der Waals surface area (Å²) >= 11 is 1.43. The van der Waals surface area contributed by atoms with Crippen LogP contribution in [-0.2, 0) is 14.3 Å². The minimum atomic E-state index is -0.895. The Bertz CT molecular complexity index is 625. The van der Waals surface area contributed by atoms with E-state index < -0.39 is 18.0 Å². The van der Waals surface area contributed by atoms with Gasteiger partial charge in [0.25, 0.3) is 0 Å². The number of likely N-dealkylation sites (tertiary alicyclic amines) is 1. The Kier molecular flexibility index (Phi) is 5.49. The van der Waals surface area contributed by atoms with Gasteiger partial charge in [-0.2, -0.15) is 0 Å². The molecule has 124 valence electrons. The van der Waals surface area contributed by atoms with Crippen molar-refractivity contribution >= 4 is 23.6 Å². The van der Waals surface area contributed by atoms with E-state index in [2.05, 4.69) is 0 Å². The number of nitrogens with zero attached hydrogens (tertiary/aromatic N) is 1. The van der Waals surface area contributed by atoms with Gasteiger partial charge in [-0.05, 0) is 31.2 Å². The van der Waals surface area contributed by atoms with Crippen molar-refractivity contribution in [3.05, 3.63) is 47.2 Å². The zero-order chi connectivity index (χ0) is 17.1. The summed E-state index contributed by atoms with van der Waals surface area (Å²) in [5.41, 5.74) is 1.66. The van der Waals surface area contributed by atoms with Crippen LogP contribution < -0.4 is 0 Å². The van der Waals surface area contributed by atoms with Gasteiger partial charge in [0, 0.05) is 0 Å². The average Bonchev–Trinajstić information content (AvgIpc) is 2.56. The maximum atomic E-state index is 12.6. The lowest BCUT2D eigenvalue weighted by Crippen LogP contribution is -2.61. The van der Waals surface area contributed by atoms with Gasteiger partial charge in [-0.15, -0.1) is 11.8 Å². The molecule has 3 unspecified atom stereocenters. The van der Waals surface area contributed by atoms with Crippen molar-refractivity contribution in [3.8, 4) is 0 Å². The lowest BCUT2D eigenvalue weighted by Gasteiger charge is -2.48. The summed E-state index contributed by atoms with van der Waals surface area (Å²) in [5, 5.41) is 10.2.